The van der Waals surface area contributed by atoms with Crippen LogP contribution in [0.25, 0.3) is 0 Å². The lowest BCUT2D eigenvalue weighted by Crippen LogP contribution is -2.50. The lowest BCUT2D eigenvalue weighted by Gasteiger charge is -2.40. The van der Waals surface area contributed by atoms with Crippen LogP contribution in [0.2, 0.25) is 0 Å². The van der Waals surface area contributed by atoms with Gasteiger partial charge in [-0.1, -0.05) is 27.2 Å². The number of Topliss-reactive ketones (excluding diaryl/α,β-unsaturated/α-hetero) is 1. The predicted molar refractivity (Wildman–Crippen MR) is 87.0 cm³/mol. The van der Waals surface area contributed by atoms with Gasteiger partial charge < -0.3 is 0 Å². The number of rotatable bonds is 4. The molecule has 0 aromatic heterocycles. The Bertz CT molecular complexity index is 568. The highest BCUT2D eigenvalue weighted by Gasteiger charge is 2.65. The summed E-state index contributed by atoms with van der Waals surface area (Å²) in [7, 11) is -3.36. The highest BCUT2D eigenvalue weighted by Crippen LogP contribution is 2.64. The molecule has 0 N–H and O–H groups in total. The van der Waals surface area contributed by atoms with Crippen molar-refractivity contribution in [2.45, 2.75) is 71.8 Å². The van der Waals surface area contributed by atoms with Crippen LogP contribution in [0.1, 0.15) is 65.7 Å². The highest BCUT2D eigenvalue weighted by molar-refractivity contribution is 7.89. The third kappa shape index (κ3) is 2.19. The molecule has 1 aliphatic heterocycles. The molecule has 4 nitrogen and oxygen atoms in total. The van der Waals surface area contributed by atoms with Gasteiger partial charge in [-0.15, -0.1) is 0 Å². The maximum atomic E-state index is 13.1. The molecule has 0 spiro atoms. The summed E-state index contributed by atoms with van der Waals surface area (Å²) >= 11 is 0. The molecule has 5 heteroatoms. The molecule has 0 unspecified atom stereocenters. The predicted octanol–water partition coefficient (Wildman–Crippen LogP) is 2.98. The lowest BCUT2D eigenvalue weighted by molar-refractivity contribution is -0.128. The van der Waals surface area contributed by atoms with Gasteiger partial charge in [-0.25, -0.2) is 8.42 Å². The normalized spacial score (nSPS) is 38.6. The topological polar surface area (TPSA) is 54.5 Å². The molecule has 2 bridgehead atoms. The number of nitrogens with zero attached hydrogens (tertiary/aromatic N) is 1. The van der Waals surface area contributed by atoms with Crippen LogP contribution in [-0.4, -0.2) is 36.8 Å². The molecule has 2 aliphatic carbocycles. The summed E-state index contributed by atoms with van der Waals surface area (Å²) in [6.07, 6.45) is 6.23. The second-order valence-electron chi connectivity index (χ2n) is 8.09. The maximum absolute atomic E-state index is 13.1. The fourth-order valence-electron chi connectivity index (χ4n) is 5.25. The first kappa shape index (κ1) is 16.4. The van der Waals surface area contributed by atoms with E-state index in [9.17, 15) is 13.2 Å². The summed E-state index contributed by atoms with van der Waals surface area (Å²) in [6.45, 7) is 6.92. The molecule has 22 heavy (non-hydrogen) atoms. The van der Waals surface area contributed by atoms with Gasteiger partial charge in [0, 0.05) is 24.4 Å². The van der Waals surface area contributed by atoms with Crippen molar-refractivity contribution in [2.24, 2.45) is 16.7 Å². The summed E-state index contributed by atoms with van der Waals surface area (Å²) < 4.78 is 27.9. The number of piperidine rings is 1. The van der Waals surface area contributed by atoms with Crippen LogP contribution in [0, 0.1) is 16.7 Å². The lowest BCUT2D eigenvalue weighted by atomic mass is 9.70. The molecule has 0 aromatic rings. The Kier molecular flexibility index (Phi) is 3.96. The number of hydrogen-bond donors (Lipinski definition) is 0. The molecule has 1 saturated heterocycles. The molecule has 0 amide bonds. The van der Waals surface area contributed by atoms with E-state index >= 15 is 0 Å². The van der Waals surface area contributed by atoms with E-state index in [1.807, 2.05) is 0 Å². The molecular weight excluding hydrogens is 298 g/mol. The number of sulfonamides is 1. The van der Waals surface area contributed by atoms with E-state index in [1.54, 1.807) is 4.31 Å². The van der Waals surface area contributed by atoms with E-state index in [0.717, 1.165) is 38.5 Å². The first-order valence-corrected chi connectivity index (χ1v) is 10.4. The molecule has 1 heterocycles. The van der Waals surface area contributed by atoms with Gasteiger partial charge in [0.25, 0.3) is 0 Å². The van der Waals surface area contributed by atoms with Gasteiger partial charge in [-0.05, 0) is 43.4 Å². The van der Waals surface area contributed by atoms with Crippen molar-refractivity contribution in [1.29, 1.82) is 0 Å². The second kappa shape index (κ2) is 5.30. The highest BCUT2D eigenvalue weighted by atomic mass is 32.2. The van der Waals surface area contributed by atoms with Crippen molar-refractivity contribution in [2.75, 3.05) is 12.3 Å². The Balaban J connectivity index is 1.89. The third-order valence-electron chi connectivity index (χ3n) is 6.97. The molecule has 3 aliphatic rings. The molecular formula is C17H29NO3S. The maximum Gasteiger partial charge on any atom is 0.215 e. The minimum Gasteiger partial charge on any atom is -0.299 e. The zero-order chi connectivity index (χ0) is 16.2. The number of hydrogen-bond acceptors (Lipinski definition) is 3. The van der Waals surface area contributed by atoms with Crippen LogP contribution in [0.3, 0.4) is 0 Å². The minimum atomic E-state index is -3.36. The van der Waals surface area contributed by atoms with Crippen molar-refractivity contribution in [3.05, 3.63) is 0 Å². The first-order chi connectivity index (χ1) is 10.2. The third-order valence-corrected chi connectivity index (χ3v) is 9.02. The van der Waals surface area contributed by atoms with Crippen molar-refractivity contribution in [3.8, 4) is 0 Å². The number of carbonyl (C=O) groups excluding carboxylic acids is 1. The molecule has 3 fully saturated rings. The van der Waals surface area contributed by atoms with Gasteiger partial charge in [-0.3, -0.25) is 4.79 Å². The molecule has 2 saturated carbocycles. The monoisotopic (exact) mass is 327 g/mol. The van der Waals surface area contributed by atoms with Gasteiger partial charge in [0.2, 0.25) is 10.0 Å². The van der Waals surface area contributed by atoms with Crippen LogP contribution in [0.5, 0.6) is 0 Å². The quantitative estimate of drug-likeness (QED) is 0.797. The number of ketones is 1. The van der Waals surface area contributed by atoms with E-state index in [4.69, 9.17) is 0 Å². The van der Waals surface area contributed by atoms with Crippen LogP contribution in [-0.2, 0) is 14.8 Å². The fraction of sp³-hybridized carbons (Fsp3) is 0.941. The van der Waals surface area contributed by atoms with E-state index in [0.29, 0.717) is 18.9 Å². The Hall–Kier alpha value is -0.420. The first-order valence-electron chi connectivity index (χ1n) is 8.77. The Morgan fingerprint density at radius 1 is 1.23 bits per heavy atom. The summed E-state index contributed by atoms with van der Waals surface area (Å²) in [4.78, 5) is 12.6. The van der Waals surface area contributed by atoms with E-state index in [1.165, 1.54) is 0 Å². The van der Waals surface area contributed by atoms with Crippen molar-refractivity contribution in [1.82, 2.24) is 4.31 Å². The summed E-state index contributed by atoms with van der Waals surface area (Å²) in [5.74, 6) is 0.611. The van der Waals surface area contributed by atoms with E-state index in [-0.39, 0.29) is 23.0 Å². The van der Waals surface area contributed by atoms with Gasteiger partial charge in [-0.2, -0.15) is 4.31 Å². The van der Waals surface area contributed by atoms with Gasteiger partial charge in [0.1, 0.15) is 5.78 Å². The molecule has 0 radical (unpaired) electrons. The van der Waals surface area contributed by atoms with Crippen LogP contribution < -0.4 is 0 Å². The summed E-state index contributed by atoms with van der Waals surface area (Å²) in [6, 6.07) is 0.131. The van der Waals surface area contributed by atoms with Crippen molar-refractivity contribution in [3.63, 3.8) is 0 Å². The Morgan fingerprint density at radius 3 is 2.50 bits per heavy atom. The van der Waals surface area contributed by atoms with Crippen LogP contribution in [0.4, 0.5) is 0 Å². The van der Waals surface area contributed by atoms with Crippen molar-refractivity contribution >= 4 is 15.8 Å². The van der Waals surface area contributed by atoms with Crippen LogP contribution >= 0.6 is 0 Å². The van der Waals surface area contributed by atoms with Gasteiger partial charge >= 0.3 is 0 Å². The van der Waals surface area contributed by atoms with E-state index < -0.39 is 15.4 Å². The van der Waals surface area contributed by atoms with Gasteiger partial charge in [0.15, 0.2) is 0 Å². The van der Waals surface area contributed by atoms with Crippen molar-refractivity contribution < 1.29 is 13.2 Å². The molecule has 126 valence electrons. The number of carbonyl (C=O) groups is 1. The zero-order valence-electron chi connectivity index (χ0n) is 14.1. The largest absolute Gasteiger partial charge is 0.299 e. The fourth-order valence-corrected chi connectivity index (χ4v) is 7.83. The molecule has 3 rings (SSSR count). The van der Waals surface area contributed by atoms with Gasteiger partial charge in [0.05, 0.1) is 5.75 Å². The summed E-state index contributed by atoms with van der Waals surface area (Å²) in [5.41, 5.74) is -0.805. The Labute approximate surface area is 134 Å². The smallest absolute Gasteiger partial charge is 0.215 e. The average Bonchev–Trinajstić information content (AvgIpc) is 2.81. The molecule has 3 atom stereocenters. The van der Waals surface area contributed by atoms with Crippen LogP contribution in [0.15, 0.2) is 0 Å². The average molecular weight is 327 g/mol. The zero-order valence-corrected chi connectivity index (χ0v) is 14.9. The molecule has 0 aromatic carbocycles. The second-order valence-corrected chi connectivity index (χ2v) is 10.0. The van der Waals surface area contributed by atoms with E-state index in [2.05, 4.69) is 20.8 Å². The standard InChI is InChI=1S/C17H29NO3S/c1-4-14-7-5-6-10-18(14)22(20,21)12-17-9-8-13(11-15(17)19)16(17,2)3/h13-14H,4-12H2,1-3H3/t13-,14-,17-/m1/s1. The SMILES string of the molecule is CC[C@@H]1CCCCN1S(=O)(=O)C[C@]12CC[C@H](CC1=O)C2(C)C. The Morgan fingerprint density at radius 2 is 1.95 bits per heavy atom. The number of fused-ring (bicyclic) bond motifs is 2. The minimum absolute atomic E-state index is 0.0405. The summed E-state index contributed by atoms with van der Waals surface area (Å²) in [5, 5.41) is 0.